The highest BCUT2D eigenvalue weighted by atomic mass is 35.5. The molecule has 26 heavy (non-hydrogen) atoms. The van der Waals surface area contributed by atoms with Gasteiger partial charge in [-0.2, -0.15) is 0 Å². The minimum Gasteiger partial charge on any atom is -0.508 e. The molecule has 7 nitrogen and oxygen atoms in total. The first kappa shape index (κ1) is 18.2. The van der Waals surface area contributed by atoms with Crippen LogP contribution < -0.4 is 10.6 Å². The van der Waals surface area contributed by atoms with Crippen LogP contribution in [0.4, 0.5) is 5.69 Å². The van der Waals surface area contributed by atoms with Gasteiger partial charge in [-0.3, -0.25) is 14.6 Å². The van der Waals surface area contributed by atoms with Crippen molar-refractivity contribution in [1.29, 1.82) is 0 Å². The molecule has 0 aliphatic carbocycles. The third-order valence-corrected chi connectivity index (χ3v) is 4.17. The SMILES string of the molecule is O=C(Cc1cc(Cl)ccc1O)Nc1ccnc(C(=O)NC2CCOC2)c1. The number of amides is 2. The van der Waals surface area contributed by atoms with Crippen molar-refractivity contribution < 1.29 is 19.4 Å². The van der Waals surface area contributed by atoms with Gasteiger partial charge in [-0.15, -0.1) is 0 Å². The number of carbonyl (C=O) groups is 2. The summed E-state index contributed by atoms with van der Waals surface area (Å²) in [5, 5.41) is 15.8. The lowest BCUT2D eigenvalue weighted by molar-refractivity contribution is -0.115. The van der Waals surface area contributed by atoms with Gasteiger partial charge in [0.1, 0.15) is 11.4 Å². The molecule has 1 aliphatic rings. The summed E-state index contributed by atoms with van der Waals surface area (Å²) >= 11 is 5.88. The van der Waals surface area contributed by atoms with E-state index in [1.807, 2.05) is 0 Å². The van der Waals surface area contributed by atoms with Crippen LogP contribution in [0.15, 0.2) is 36.5 Å². The van der Waals surface area contributed by atoms with Gasteiger partial charge < -0.3 is 20.5 Å². The van der Waals surface area contributed by atoms with E-state index in [4.69, 9.17) is 16.3 Å². The highest BCUT2D eigenvalue weighted by Gasteiger charge is 2.19. The molecule has 2 heterocycles. The van der Waals surface area contributed by atoms with Crippen molar-refractivity contribution >= 4 is 29.1 Å². The number of pyridine rings is 1. The number of phenols is 1. The monoisotopic (exact) mass is 375 g/mol. The van der Waals surface area contributed by atoms with E-state index >= 15 is 0 Å². The Hall–Kier alpha value is -2.64. The molecule has 1 atom stereocenters. The summed E-state index contributed by atoms with van der Waals surface area (Å²) in [6, 6.07) is 7.58. The third-order valence-electron chi connectivity index (χ3n) is 3.93. The van der Waals surface area contributed by atoms with Crippen molar-refractivity contribution in [3.8, 4) is 5.75 Å². The highest BCUT2D eigenvalue weighted by Crippen LogP contribution is 2.22. The summed E-state index contributed by atoms with van der Waals surface area (Å²) < 4.78 is 5.22. The Morgan fingerprint density at radius 3 is 2.92 bits per heavy atom. The fourth-order valence-corrected chi connectivity index (χ4v) is 2.81. The molecule has 0 spiro atoms. The number of nitrogens with one attached hydrogen (secondary N) is 2. The van der Waals surface area contributed by atoms with Crippen molar-refractivity contribution in [3.05, 3.63) is 52.8 Å². The number of hydrogen-bond donors (Lipinski definition) is 3. The summed E-state index contributed by atoms with van der Waals surface area (Å²) in [5.74, 6) is -0.661. The molecule has 2 aromatic rings. The molecule has 8 heteroatoms. The number of anilines is 1. The molecule has 0 bridgehead atoms. The molecule has 0 radical (unpaired) electrons. The number of benzene rings is 1. The first-order valence-electron chi connectivity index (χ1n) is 8.13. The summed E-state index contributed by atoms with van der Waals surface area (Å²) in [4.78, 5) is 28.5. The number of aromatic nitrogens is 1. The van der Waals surface area contributed by atoms with Crippen molar-refractivity contribution in [3.63, 3.8) is 0 Å². The molecule has 136 valence electrons. The van der Waals surface area contributed by atoms with Crippen LogP contribution >= 0.6 is 11.6 Å². The van der Waals surface area contributed by atoms with E-state index in [9.17, 15) is 14.7 Å². The zero-order valence-electron chi connectivity index (χ0n) is 13.9. The van der Waals surface area contributed by atoms with E-state index in [0.717, 1.165) is 6.42 Å². The lowest BCUT2D eigenvalue weighted by atomic mass is 10.1. The van der Waals surface area contributed by atoms with Crippen LogP contribution in [0, 0.1) is 0 Å². The average Bonchev–Trinajstić information content (AvgIpc) is 3.11. The molecule has 1 fully saturated rings. The summed E-state index contributed by atoms with van der Waals surface area (Å²) in [6.07, 6.45) is 2.17. The molecule has 1 aliphatic heterocycles. The minimum atomic E-state index is -0.343. The van der Waals surface area contributed by atoms with Crippen LogP contribution in [0.5, 0.6) is 5.75 Å². The zero-order valence-corrected chi connectivity index (χ0v) is 14.6. The van der Waals surface area contributed by atoms with E-state index in [2.05, 4.69) is 15.6 Å². The molecule has 2 amide bonds. The van der Waals surface area contributed by atoms with Crippen molar-refractivity contribution in [2.45, 2.75) is 18.9 Å². The predicted molar refractivity (Wildman–Crippen MR) is 96.4 cm³/mol. The molecule has 1 aromatic carbocycles. The van der Waals surface area contributed by atoms with E-state index < -0.39 is 0 Å². The summed E-state index contributed by atoms with van der Waals surface area (Å²) in [6.45, 7) is 1.12. The van der Waals surface area contributed by atoms with Gasteiger partial charge >= 0.3 is 0 Å². The van der Waals surface area contributed by atoms with Gasteiger partial charge in [0.15, 0.2) is 0 Å². The largest absolute Gasteiger partial charge is 0.508 e. The molecular weight excluding hydrogens is 358 g/mol. The predicted octanol–water partition coefficient (Wildman–Crippen LogP) is 2.14. The molecule has 1 unspecified atom stereocenters. The first-order valence-corrected chi connectivity index (χ1v) is 8.51. The normalized spacial score (nSPS) is 16.3. The maximum absolute atomic E-state index is 12.2. The Morgan fingerprint density at radius 2 is 2.15 bits per heavy atom. The lowest BCUT2D eigenvalue weighted by Gasteiger charge is -2.11. The van der Waals surface area contributed by atoms with Crippen LogP contribution in [-0.2, 0) is 16.0 Å². The van der Waals surface area contributed by atoms with Crippen LogP contribution in [0.1, 0.15) is 22.5 Å². The molecule has 1 saturated heterocycles. The van der Waals surface area contributed by atoms with Gasteiger partial charge in [-0.1, -0.05) is 11.6 Å². The van der Waals surface area contributed by atoms with E-state index in [1.54, 1.807) is 12.1 Å². The van der Waals surface area contributed by atoms with Crippen LogP contribution in [-0.4, -0.2) is 41.2 Å². The number of rotatable bonds is 5. The highest BCUT2D eigenvalue weighted by molar-refractivity contribution is 6.30. The average molecular weight is 376 g/mol. The Bertz CT molecular complexity index is 822. The van der Waals surface area contributed by atoms with Crippen molar-refractivity contribution in [1.82, 2.24) is 10.3 Å². The zero-order chi connectivity index (χ0) is 18.5. The van der Waals surface area contributed by atoms with E-state index in [1.165, 1.54) is 24.4 Å². The van der Waals surface area contributed by atoms with E-state index in [0.29, 0.717) is 29.5 Å². The number of ether oxygens (including phenoxy) is 1. The van der Waals surface area contributed by atoms with Gasteiger partial charge in [0.25, 0.3) is 5.91 Å². The van der Waals surface area contributed by atoms with E-state index in [-0.39, 0.29) is 35.7 Å². The summed E-state index contributed by atoms with van der Waals surface area (Å²) in [5.41, 5.74) is 1.07. The molecule has 0 saturated carbocycles. The number of phenolic OH excluding ortho intramolecular Hbond substituents is 1. The molecule has 3 N–H and O–H groups in total. The number of aromatic hydroxyl groups is 1. The second-order valence-corrected chi connectivity index (χ2v) is 6.40. The number of hydrogen-bond acceptors (Lipinski definition) is 5. The maximum Gasteiger partial charge on any atom is 0.270 e. The van der Waals surface area contributed by atoms with Gasteiger partial charge in [-0.25, -0.2) is 0 Å². The molecule has 1 aromatic heterocycles. The van der Waals surface area contributed by atoms with Crippen molar-refractivity contribution in [2.75, 3.05) is 18.5 Å². The number of halogens is 1. The second kappa shape index (κ2) is 8.16. The molecular formula is C18H18ClN3O4. The number of nitrogens with zero attached hydrogens (tertiary/aromatic N) is 1. The third kappa shape index (κ3) is 4.71. The van der Waals surface area contributed by atoms with Gasteiger partial charge in [0.2, 0.25) is 5.91 Å². The van der Waals surface area contributed by atoms with Gasteiger partial charge in [0.05, 0.1) is 19.1 Å². The topological polar surface area (TPSA) is 101 Å². The summed E-state index contributed by atoms with van der Waals surface area (Å²) in [7, 11) is 0. The molecule has 3 rings (SSSR count). The van der Waals surface area contributed by atoms with Gasteiger partial charge in [0, 0.05) is 29.1 Å². The Labute approximate surface area is 155 Å². The fourth-order valence-electron chi connectivity index (χ4n) is 2.61. The lowest BCUT2D eigenvalue weighted by Crippen LogP contribution is -2.35. The number of carbonyl (C=O) groups excluding carboxylic acids is 2. The fraction of sp³-hybridized carbons (Fsp3) is 0.278. The van der Waals surface area contributed by atoms with Crippen LogP contribution in [0.25, 0.3) is 0 Å². The smallest absolute Gasteiger partial charge is 0.270 e. The Balaban J connectivity index is 1.63. The second-order valence-electron chi connectivity index (χ2n) is 5.96. The van der Waals surface area contributed by atoms with Crippen molar-refractivity contribution in [2.24, 2.45) is 0 Å². The Kier molecular flexibility index (Phi) is 5.70. The Morgan fingerprint density at radius 1 is 1.31 bits per heavy atom. The standard InChI is InChI=1S/C18H18ClN3O4/c19-12-1-2-16(23)11(7-12)8-17(24)21-13-3-5-20-15(9-13)18(25)22-14-4-6-26-10-14/h1-3,5,7,9,14,23H,4,6,8,10H2,(H,22,25)(H,20,21,24). The first-order chi connectivity index (χ1) is 12.5. The van der Waals surface area contributed by atoms with Crippen LogP contribution in [0.3, 0.4) is 0 Å². The quantitative estimate of drug-likeness (QED) is 0.743. The minimum absolute atomic E-state index is 0.00173. The van der Waals surface area contributed by atoms with Crippen LogP contribution in [0.2, 0.25) is 5.02 Å². The maximum atomic E-state index is 12.2. The van der Waals surface area contributed by atoms with Gasteiger partial charge in [-0.05, 0) is 36.8 Å².